The molecule has 0 unspecified atom stereocenters. The van der Waals surface area contributed by atoms with Crippen LogP contribution in [0.2, 0.25) is 0 Å². The Bertz CT molecular complexity index is 1010. The number of amides is 2. The Morgan fingerprint density at radius 1 is 1.00 bits per heavy atom. The number of halogens is 1. The van der Waals surface area contributed by atoms with E-state index in [-0.39, 0.29) is 31.7 Å². The lowest BCUT2D eigenvalue weighted by Gasteiger charge is -2.40. The number of rotatable bonds is 7. The van der Waals surface area contributed by atoms with Crippen molar-refractivity contribution in [3.8, 4) is 11.5 Å². The van der Waals surface area contributed by atoms with E-state index in [0.29, 0.717) is 11.5 Å². The summed E-state index contributed by atoms with van der Waals surface area (Å²) in [6, 6.07) is 12.1. The highest BCUT2D eigenvalue weighted by Crippen LogP contribution is 2.35. The SMILES string of the molecule is C=CCNC(=O)C(=O)NC[C@H](c1ccc2c(c1)OCO2)N1CCN(c2ccc(F)cc2)CC1. The number of carbonyl (C=O) groups is 2. The predicted molar refractivity (Wildman–Crippen MR) is 122 cm³/mol. The molecule has 9 heteroatoms. The van der Waals surface area contributed by atoms with Crippen LogP contribution in [0.3, 0.4) is 0 Å². The molecule has 1 saturated heterocycles. The van der Waals surface area contributed by atoms with Crippen LogP contribution in [0.4, 0.5) is 10.1 Å². The van der Waals surface area contributed by atoms with Crippen molar-refractivity contribution in [3.63, 3.8) is 0 Å². The molecule has 0 aliphatic carbocycles. The van der Waals surface area contributed by atoms with Gasteiger partial charge in [0, 0.05) is 45.0 Å². The number of nitrogens with zero attached hydrogens (tertiary/aromatic N) is 2. The summed E-state index contributed by atoms with van der Waals surface area (Å²) >= 11 is 0. The Morgan fingerprint density at radius 2 is 1.70 bits per heavy atom. The van der Waals surface area contributed by atoms with E-state index in [9.17, 15) is 14.0 Å². The highest BCUT2D eigenvalue weighted by Gasteiger charge is 2.28. The molecule has 2 aliphatic heterocycles. The lowest BCUT2D eigenvalue weighted by Crippen LogP contribution is -2.50. The maximum atomic E-state index is 13.3. The lowest BCUT2D eigenvalue weighted by atomic mass is 10.0. The minimum absolute atomic E-state index is 0.161. The van der Waals surface area contributed by atoms with Gasteiger partial charge in [0.05, 0.1) is 6.04 Å². The van der Waals surface area contributed by atoms with Gasteiger partial charge in [0.2, 0.25) is 6.79 Å². The van der Waals surface area contributed by atoms with E-state index in [0.717, 1.165) is 37.4 Å². The second-order valence-corrected chi connectivity index (χ2v) is 7.84. The van der Waals surface area contributed by atoms with Gasteiger partial charge in [-0.05, 0) is 42.0 Å². The van der Waals surface area contributed by atoms with Gasteiger partial charge in [0.25, 0.3) is 0 Å². The highest BCUT2D eigenvalue weighted by molar-refractivity contribution is 6.35. The van der Waals surface area contributed by atoms with Crippen LogP contribution < -0.4 is 25.0 Å². The van der Waals surface area contributed by atoms with Crippen molar-refractivity contribution in [2.45, 2.75) is 6.04 Å². The molecule has 174 valence electrons. The average Bonchev–Trinajstić information content (AvgIpc) is 3.31. The van der Waals surface area contributed by atoms with Crippen molar-refractivity contribution in [2.24, 2.45) is 0 Å². The van der Waals surface area contributed by atoms with Crippen molar-refractivity contribution in [2.75, 3.05) is 51.0 Å². The monoisotopic (exact) mass is 454 g/mol. The highest BCUT2D eigenvalue weighted by atomic mass is 19.1. The molecule has 2 N–H and O–H groups in total. The summed E-state index contributed by atoms with van der Waals surface area (Å²) in [5.74, 6) is -0.287. The summed E-state index contributed by atoms with van der Waals surface area (Å²) in [5, 5.41) is 5.23. The smallest absolute Gasteiger partial charge is 0.309 e. The van der Waals surface area contributed by atoms with Crippen LogP contribution in [0.5, 0.6) is 11.5 Å². The molecule has 2 amide bonds. The fourth-order valence-electron chi connectivity index (χ4n) is 4.04. The molecule has 33 heavy (non-hydrogen) atoms. The first-order chi connectivity index (χ1) is 16.0. The van der Waals surface area contributed by atoms with Gasteiger partial charge in [0.15, 0.2) is 11.5 Å². The first-order valence-electron chi connectivity index (χ1n) is 10.9. The molecular weight excluding hydrogens is 427 g/mol. The second kappa shape index (κ2) is 10.4. The van der Waals surface area contributed by atoms with Crippen LogP contribution in [0, 0.1) is 5.82 Å². The van der Waals surface area contributed by atoms with Gasteiger partial charge in [-0.1, -0.05) is 12.1 Å². The van der Waals surface area contributed by atoms with Crippen molar-refractivity contribution >= 4 is 17.5 Å². The van der Waals surface area contributed by atoms with E-state index in [1.807, 2.05) is 18.2 Å². The first-order valence-corrected chi connectivity index (χ1v) is 10.9. The van der Waals surface area contributed by atoms with Gasteiger partial charge in [-0.25, -0.2) is 4.39 Å². The van der Waals surface area contributed by atoms with Crippen LogP contribution in [0.25, 0.3) is 0 Å². The zero-order valence-electron chi connectivity index (χ0n) is 18.3. The Labute approximate surface area is 192 Å². The van der Waals surface area contributed by atoms with Crippen LogP contribution in [-0.4, -0.2) is 62.8 Å². The molecule has 0 aromatic heterocycles. The van der Waals surface area contributed by atoms with Crippen LogP contribution in [-0.2, 0) is 9.59 Å². The van der Waals surface area contributed by atoms with Crippen molar-refractivity contribution in [1.82, 2.24) is 15.5 Å². The van der Waals surface area contributed by atoms with Crippen molar-refractivity contribution < 1.29 is 23.5 Å². The van der Waals surface area contributed by atoms with Crippen LogP contribution in [0.1, 0.15) is 11.6 Å². The normalized spacial score (nSPS) is 16.2. The zero-order chi connectivity index (χ0) is 23.2. The van der Waals surface area contributed by atoms with Crippen LogP contribution in [0.15, 0.2) is 55.1 Å². The number of hydrogen-bond acceptors (Lipinski definition) is 6. The summed E-state index contributed by atoms with van der Waals surface area (Å²) in [6.07, 6.45) is 1.52. The number of benzene rings is 2. The molecule has 2 aromatic carbocycles. The zero-order valence-corrected chi connectivity index (χ0v) is 18.3. The molecule has 0 bridgehead atoms. The van der Waals surface area contributed by atoms with Gasteiger partial charge in [0.1, 0.15) is 5.82 Å². The van der Waals surface area contributed by atoms with Gasteiger partial charge >= 0.3 is 11.8 Å². The number of anilines is 1. The van der Waals surface area contributed by atoms with Crippen molar-refractivity contribution in [3.05, 3.63) is 66.5 Å². The minimum atomic E-state index is -0.694. The summed E-state index contributed by atoms with van der Waals surface area (Å²) < 4.78 is 24.2. The molecule has 1 atom stereocenters. The number of nitrogens with one attached hydrogen (secondary N) is 2. The first kappa shape index (κ1) is 22.6. The van der Waals surface area contributed by atoms with E-state index in [2.05, 4.69) is 27.0 Å². The topological polar surface area (TPSA) is 83.1 Å². The Kier molecular flexibility index (Phi) is 7.09. The fourth-order valence-corrected chi connectivity index (χ4v) is 4.04. The average molecular weight is 455 g/mol. The summed E-state index contributed by atoms with van der Waals surface area (Å²) in [5.41, 5.74) is 1.93. The summed E-state index contributed by atoms with van der Waals surface area (Å²) in [6.45, 7) is 7.16. The largest absolute Gasteiger partial charge is 0.454 e. The van der Waals surface area contributed by atoms with Gasteiger partial charge < -0.3 is 25.0 Å². The van der Waals surface area contributed by atoms with E-state index >= 15 is 0 Å². The third-order valence-corrected chi connectivity index (χ3v) is 5.80. The summed E-state index contributed by atoms with van der Waals surface area (Å²) in [4.78, 5) is 28.7. The molecule has 0 radical (unpaired) electrons. The molecule has 1 fully saturated rings. The van der Waals surface area contributed by atoms with Crippen molar-refractivity contribution in [1.29, 1.82) is 0 Å². The van der Waals surface area contributed by atoms with E-state index in [1.165, 1.54) is 18.2 Å². The standard InChI is InChI=1S/C24H27FN4O4/c1-2-9-26-23(30)24(31)27-15-20(17-3-8-21-22(14-17)33-16-32-21)29-12-10-28(11-13-29)19-6-4-18(25)5-7-19/h2-8,14,20H,1,9-13,15-16H2,(H,26,30)(H,27,31)/t20-/m1/s1. The number of ether oxygens (including phenoxy) is 2. The van der Waals surface area contributed by atoms with E-state index in [4.69, 9.17) is 9.47 Å². The Morgan fingerprint density at radius 3 is 2.42 bits per heavy atom. The number of fused-ring (bicyclic) bond motifs is 1. The molecule has 2 heterocycles. The molecule has 2 aromatic rings. The Balaban J connectivity index is 1.46. The predicted octanol–water partition coefficient (Wildman–Crippen LogP) is 1.84. The van der Waals surface area contributed by atoms with Crippen LogP contribution >= 0.6 is 0 Å². The van der Waals surface area contributed by atoms with E-state index < -0.39 is 11.8 Å². The molecule has 2 aliphatic rings. The molecule has 0 spiro atoms. The molecule has 0 saturated carbocycles. The maximum Gasteiger partial charge on any atom is 0.309 e. The third kappa shape index (κ3) is 5.43. The Hall–Kier alpha value is -3.59. The minimum Gasteiger partial charge on any atom is -0.454 e. The molecular formula is C24H27FN4O4. The number of piperazine rings is 1. The molecule has 8 nitrogen and oxygen atoms in total. The van der Waals surface area contributed by atoms with Gasteiger partial charge in [-0.3, -0.25) is 14.5 Å². The second-order valence-electron chi connectivity index (χ2n) is 7.84. The number of hydrogen-bond donors (Lipinski definition) is 2. The van der Waals surface area contributed by atoms with Gasteiger partial charge in [-0.15, -0.1) is 6.58 Å². The van der Waals surface area contributed by atoms with E-state index in [1.54, 1.807) is 12.1 Å². The third-order valence-electron chi connectivity index (χ3n) is 5.80. The fraction of sp³-hybridized carbons (Fsp3) is 0.333. The lowest BCUT2D eigenvalue weighted by molar-refractivity contribution is -0.139. The summed E-state index contributed by atoms with van der Waals surface area (Å²) in [7, 11) is 0. The molecule has 4 rings (SSSR count). The number of carbonyl (C=O) groups excluding carboxylic acids is 2. The quantitative estimate of drug-likeness (QED) is 0.491. The maximum absolute atomic E-state index is 13.3. The van der Waals surface area contributed by atoms with Gasteiger partial charge in [-0.2, -0.15) is 0 Å².